The summed E-state index contributed by atoms with van der Waals surface area (Å²) in [6.45, 7) is 0.773. The van der Waals surface area contributed by atoms with Gasteiger partial charge in [-0.2, -0.15) is 0 Å². The summed E-state index contributed by atoms with van der Waals surface area (Å²) >= 11 is 3.63. The molecule has 0 atom stereocenters. The minimum atomic E-state index is 0.0813. The highest BCUT2D eigenvalue weighted by Crippen LogP contribution is 2.40. The highest BCUT2D eigenvalue weighted by atomic mass is 79.9. The molecule has 0 unspecified atom stereocenters. The van der Waals surface area contributed by atoms with Gasteiger partial charge in [0, 0.05) is 11.9 Å². The number of rotatable bonds is 3. The largest absolute Gasteiger partial charge is 0.298 e. The average molecular weight is 321 g/mol. The average Bonchev–Trinajstić information content (AvgIpc) is 2.92. The van der Waals surface area contributed by atoms with Crippen molar-refractivity contribution in [2.24, 2.45) is 5.41 Å². The zero-order chi connectivity index (χ0) is 13.3. The minimum Gasteiger partial charge on any atom is -0.298 e. The molecule has 1 aromatic carbocycles. The Morgan fingerprint density at radius 1 is 1.26 bits per heavy atom. The molecule has 2 aromatic rings. The van der Waals surface area contributed by atoms with Gasteiger partial charge >= 0.3 is 0 Å². The van der Waals surface area contributed by atoms with E-state index in [2.05, 4.69) is 20.9 Å². The normalized spacial score (nSPS) is 17.9. The number of para-hydroxylation sites is 1. The summed E-state index contributed by atoms with van der Waals surface area (Å²) in [7, 11) is 0. The fraction of sp³-hybridized carbons (Fsp3) is 0.467. The van der Waals surface area contributed by atoms with Crippen LogP contribution in [0.1, 0.15) is 25.7 Å². The lowest BCUT2D eigenvalue weighted by molar-refractivity contribution is 0.287. The van der Waals surface area contributed by atoms with Crippen LogP contribution in [0, 0.1) is 5.41 Å². The summed E-state index contributed by atoms with van der Waals surface area (Å²) in [6, 6.07) is 7.55. The molecule has 1 aromatic heterocycles. The zero-order valence-electron chi connectivity index (χ0n) is 10.8. The third-order valence-corrected chi connectivity index (χ3v) is 5.37. The molecule has 3 rings (SSSR count). The van der Waals surface area contributed by atoms with E-state index in [0.717, 1.165) is 17.4 Å². The van der Waals surface area contributed by atoms with E-state index in [-0.39, 0.29) is 11.0 Å². The topological polar surface area (TPSA) is 34.9 Å². The van der Waals surface area contributed by atoms with Crippen molar-refractivity contribution < 1.29 is 0 Å². The Bertz CT molecular complexity index is 644. The van der Waals surface area contributed by atoms with Crippen LogP contribution < -0.4 is 5.56 Å². The lowest BCUT2D eigenvalue weighted by atomic mass is 9.89. The highest BCUT2D eigenvalue weighted by molar-refractivity contribution is 9.09. The third kappa shape index (κ3) is 2.34. The van der Waals surface area contributed by atoms with E-state index in [9.17, 15) is 4.79 Å². The van der Waals surface area contributed by atoms with Gasteiger partial charge in [-0.3, -0.25) is 9.36 Å². The van der Waals surface area contributed by atoms with E-state index in [1.54, 1.807) is 10.9 Å². The second kappa shape index (κ2) is 5.08. The number of benzene rings is 1. The number of hydrogen-bond acceptors (Lipinski definition) is 2. The van der Waals surface area contributed by atoms with Crippen LogP contribution in [0.4, 0.5) is 0 Å². The summed E-state index contributed by atoms with van der Waals surface area (Å²) < 4.78 is 1.79. The number of nitrogens with zero attached hydrogens (tertiary/aromatic N) is 2. The maximum Gasteiger partial charge on any atom is 0.261 e. The van der Waals surface area contributed by atoms with Gasteiger partial charge in [-0.25, -0.2) is 4.98 Å². The standard InChI is InChI=1S/C15H17BrN2O/c16-9-15(7-3-4-8-15)10-18-11-17-13-6-2-1-5-12(13)14(18)19/h1-2,5-6,11H,3-4,7-10H2. The van der Waals surface area contributed by atoms with Crippen LogP contribution >= 0.6 is 15.9 Å². The molecule has 1 fully saturated rings. The first-order valence-corrected chi connectivity index (χ1v) is 7.86. The van der Waals surface area contributed by atoms with Crippen molar-refractivity contribution in [2.75, 3.05) is 5.33 Å². The first-order chi connectivity index (χ1) is 9.24. The van der Waals surface area contributed by atoms with Crippen LogP contribution in [0.15, 0.2) is 35.4 Å². The lowest BCUT2D eigenvalue weighted by Crippen LogP contribution is -2.32. The molecule has 0 amide bonds. The van der Waals surface area contributed by atoms with Crippen molar-refractivity contribution in [3.8, 4) is 0 Å². The second-order valence-electron chi connectivity index (χ2n) is 5.54. The molecule has 1 aliphatic carbocycles. The molecule has 1 saturated carbocycles. The fourth-order valence-electron chi connectivity index (χ4n) is 3.04. The monoisotopic (exact) mass is 320 g/mol. The van der Waals surface area contributed by atoms with Gasteiger partial charge in [-0.1, -0.05) is 40.9 Å². The van der Waals surface area contributed by atoms with E-state index < -0.39 is 0 Å². The number of fused-ring (bicyclic) bond motifs is 1. The molecule has 1 heterocycles. The van der Waals surface area contributed by atoms with Crippen molar-refractivity contribution in [3.63, 3.8) is 0 Å². The molecule has 100 valence electrons. The molecular weight excluding hydrogens is 304 g/mol. The van der Waals surface area contributed by atoms with Gasteiger partial charge in [-0.15, -0.1) is 0 Å². The molecule has 0 N–H and O–H groups in total. The summed E-state index contributed by atoms with van der Waals surface area (Å²) in [5.74, 6) is 0. The van der Waals surface area contributed by atoms with Gasteiger partial charge in [0.2, 0.25) is 0 Å². The fourth-order valence-corrected chi connectivity index (χ4v) is 3.78. The summed E-state index contributed by atoms with van der Waals surface area (Å²) in [4.78, 5) is 16.9. The Morgan fingerprint density at radius 2 is 2.00 bits per heavy atom. The van der Waals surface area contributed by atoms with Gasteiger partial charge in [0.25, 0.3) is 5.56 Å². The SMILES string of the molecule is O=c1c2ccccc2ncn1CC1(CBr)CCCC1. The van der Waals surface area contributed by atoms with E-state index in [1.807, 2.05) is 24.3 Å². The molecule has 0 saturated heterocycles. The van der Waals surface area contributed by atoms with Crippen molar-refractivity contribution >= 4 is 26.8 Å². The van der Waals surface area contributed by atoms with Crippen LogP contribution in [0.25, 0.3) is 10.9 Å². The van der Waals surface area contributed by atoms with Crippen molar-refractivity contribution in [2.45, 2.75) is 32.2 Å². The predicted molar refractivity (Wildman–Crippen MR) is 80.7 cm³/mol. The molecule has 1 aliphatic rings. The predicted octanol–water partition coefficient (Wildman–Crippen LogP) is 3.35. The molecule has 3 nitrogen and oxygen atoms in total. The Balaban J connectivity index is 2.01. The Hall–Kier alpha value is -1.16. The summed E-state index contributed by atoms with van der Waals surface area (Å²) in [6.07, 6.45) is 6.62. The molecule has 0 aliphatic heterocycles. The number of alkyl halides is 1. The van der Waals surface area contributed by atoms with E-state index >= 15 is 0 Å². The van der Waals surface area contributed by atoms with Crippen molar-refractivity contribution in [1.82, 2.24) is 9.55 Å². The van der Waals surface area contributed by atoms with E-state index in [0.29, 0.717) is 5.39 Å². The van der Waals surface area contributed by atoms with E-state index in [1.165, 1.54) is 25.7 Å². The Kier molecular flexibility index (Phi) is 3.44. The zero-order valence-corrected chi connectivity index (χ0v) is 12.4. The molecule has 0 spiro atoms. The number of halogens is 1. The summed E-state index contributed by atoms with van der Waals surface area (Å²) in [5.41, 5.74) is 1.09. The molecule has 0 radical (unpaired) electrons. The second-order valence-corrected chi connectivity index (χ2v) is 6.10. The van der Waals surface area contributed by atoms with Gasteiger partial charge in [-0.05, 0) is 30.4 Å². The van der Waals surface area contributed by atoms with Crippen molar-refractivity contribution in [3.05, 3.63) is 40.9 Å². The van der Waals surface area contributed by atoms with Gasteiger partial charge < -0.3 is 0 Å². The van der Waals surface area contributed by atoms with Crippen LogP contribution in [0.2, 0.25) is 0 Å². The van der Waals surface area contributed by atoms with E-state index in [4.69, 9.17) is 0 Å². The minimum absolute atomic E-state index is 0.0813. The van der Waals surface area contributed by atoms with Gasteiger partial charge in [0.05, 0.1) is 17.2 Å². The third-order valence-electron chi connectivity index (χ3n) is 4.18. The Labute approximate surface area is 120 Å². The van der Waals surface area contributed by atoms with Gasteiger partial charge in [0.1, 0.15) is 0 Å². The maximum atomic E-state index is 12.5. The summed E-state index contributed by atoms with van der Waals surface area (Å²) in [5, 5.41) is 1.67. The molecular formula is C15H17BrN2O. The maximum absolute atomic E-state index is 12.5. The quantitative estimate of drug-likeness (QED) is 0.813. The highest BCUT2D eigenvalue weighted by Gasteiger charge is 2.33. The first-order valence-electron chi connectivity index (χ1n) is 6.74. The lowest BCUT2D eigenvalue weighted by Gasteiger charge is -2.27. The van der Waals surface area contributed by atoms with Crippen LogP contribution in [0.3, 0.4) is 0 Å². The van der Waals surface area contributed by atoms with Crippen LogP contribution in [-0.2, 0) is 6.54 Å². The first kappa shape index (κ1) is 12.9. The van der Waals surface area contributed by atoms with Gasteiger partial charge in [0.15, 0.2) is 0 Å². The molecule has 0 bridgehead atoms. The van der Waals surface area contributed by atoms with Crippen LogP contribution in [0.5, 0.6) is 0 Å². The smallest absolute Gasteiger partial charge is 0.261 e. The number of aromatic nitrogens is 2. The molecule has 19 heavy (non-hydrogen) atoms. The number of hydrogen-bond donors (Lipinski definition) is 0. The molecule has 4 heteroatoms. The Morgan fingerprint density at radius 3 is 2.74 bits per heavy atom. The van der Waals surface area contributed by atoms with Crippen LogP contribution in [-0.4, -0.2) is 14.9 Å². The van der Waals surface area contributed by atoms with Crippen molar-refractivity contribution in [1.29, 1.82) is 0 Å².